The zero-order chi connectivity index (χ0) is 19.6. The molecule has 6 rings (SSSR count). The molecule has 0 spiro atoms. The lowest BCUT2D eigenvalue weighted by Gasteiger charge is -2.01. The van der Waals surface area contributed by atoms with Crippen LogP contribution >= 0.6 is 0 Å². The lowest BCUT2D eigenvalue weighted by atomic mass is 10.1. The van der Waals surface area contributed by atoms with Crippen LogP contribution in [0.2, 0.25) is 0 Å². The van der Waals surface area contributed by atoms with E-state index in [9.17, 15) is 4.79 Å². The molecular weight excluding hydrogens is 356 g/mol. The molecule has 3 heteroatoms. The second kappa shape index (κ2) is 7.21. The van der Waals surface area contributed by atoms with Crippen molar-refractivity contribution >= 4 is 43.6 Å². The molecule has 0 fully saturated rings. The molecule has 0 aliphatic rings. The molecule has 1 N–H and O–H groups in total. The van der Waals surface area contributed by atoms with Gasteiger partial charge in [0, 0.05) is 32.6 Å². The minimum absolute atomic E-state index is 0.0972. The van der Waals surface area contributed by atoms with Gasteiger partial charge in [0.2, 0.25) is 0 Å². The Labute approximate surface area is 167 Å². The van der Waals surface area contributed by atoms with E-state index in [1.165, 1.54) is 10.8 Å². The summed E-state index contributed by atoms with van der Waals surface area (Å²) in [6.07, 6.45) is 0. The first kappa shape index (κ1) is 17.1. The predicted molar refractivity (Wildman–Crippen MR) is 121 cm³/mol. The molecule has 138 valence electrons. The Morgan fingerprint density at radius 1 is 0.552 bits per heavy atom. The van der Waals surface area contributed by atoms with Gasteiger partial charge in [-0.1, -0.05) is 60.7 Å². The molecule has 0 aliphatic carbocycles. The Bertz CT molecular complexity index is 1370. The number of hydrogen-bond donors (Lipinski definition) is 1. The van der Waals surface area contributed by atoms with Gasteiger partial charge < -0.3 is 4.98 Å². The number of para-hydroxylation sites is 4. The molecule has 0 bridgehead atoms. The number of aromatic nitrogens is 2. The summed E-state index contributed by atoms with van der Waals surface area (Å²) >= 11 is 0. The van der Waals surface area contributed by atoms with Crippen molar-refractivity contribution in [1.82, 2.24) is 9.97 Å². The second-order valence-corrected chi connectivity index (χ2v) is 6.92. The third-order valence-electron chi connectivity index (χ3n) is 5.04. The maximum atomic E-state index is 12.1. The van der Waals surface area contributed by atoms with Gasteiger partial charge in [-0.25, -0.2) is 4.98 Å². The summed E-state index contributed by atoms with van der Waals surface area (Å²) in [5, 5.41) is 3.89. The van der Waals surface area contributed by atoms with Gasteiger partial charge in [-0.05, 0) is 42.5 Å². The van der Waals surface area contributed by atoms with E-state index in [0.29, 0.717) is 0 Å². The van der Waals surface area contributed by atoms with E-state index < -0.39 is 0 Å². The van der Waals surface area contributed by atoms with Gasteiger partial charge in [-0.15, -0.1) is 0 Å². The third-order valence-corrected chi connectivity index (χ3v) is 5.04. The van der Waals surface area contributed by atoms with E-state index in [1.54, 1.807) is 0 Å². The first-order valence-electron chi connectivity index (χ1n) is 9.54. The van der Waals surface area contributed by atoms with Crippen LogP contribution in [0.3, 0.4) is 0 Å². The van der Waals surface area contributed by atoms with Crippen LogP contribution < -0.4 is 5.43 Å². The van der Waals surface area contributed by atoms with Crippen molar-refractivity contribution in [3.05, 3.63) is 113 Å². The van der Waals surface area contributed by atoms with Crippen molar-refractivity contribution in [2.75, 3.05) is 0 Å². The molecule has 0 saturated heterocycles. The predicted octanol–water partition coefficient (Wildman–Crippen LogP) is 6.07. The second-order valence-electron chi connectivity index (χ2n) is 6.92. The molecule has 0 atom stereocenters. The molecule has 0 radical (unpaired) electrons. The monoisotopic (exact) mass is 374 g/mol. The highest BCUT2D eigenvalue weighted by Crippen LogP contribution is 2.18. The summed E-state index contributed by atoms with van der Waals surface area (Å²) in [5.41, 5.74) is 4.00. The van der Waals surface area contributed by atoms with Crippen molar-refractivity contribution in [3.63, 3.8) is 0 Å². The SMILES string of the molecule is O=c1c2ccccc2[nH]c2ccccc12.c1ccc2nc3ccccc3cc2c1. The van der Waals surface area contributed by atoms with E-state index >= 15 is 0 Å². The molecule has 29 heavy (non-hydrogen) atoms. The first-order chi connectivity index (χ1) is 14.3. The quantitative estimate of drug-likeness (QED) is 0.328. The molecule has 0 amide bonds. The zero-order valence-electron chi connectivity index (χ0n) is 15.7. The van der Waals surface area contributed by atoms with Gasteiger partial charge in [0.15, 0.2) is 5.43 Å². The van der Waals surface area contributed by atoms with Crippen LogP contribution in [0.4, 0.5) is 0 Å². The molecule has 3 nitrogen and oxygen atoms in total. The lowest BCUT2D eigenvalue weighted by molar-refractivity contribution is 1.48. The number of hydrogen-bond acceptors (Lipinski definition) is 2. The summed E-state index contributed by atoms with van der Waals surface area (Å²) in [5.74, 6) is 0. The topological polar surface area (TPSA) is 45.8 Å². The molecule has 0 aliphatic heterocycles. The zero-order valence-corrected chi connectivity index (χ0v) is 15.7. The van der Waals surface area contributed by atoms with Crippen LogP contribution in [0.25, 0.3) is 43.6 Å². The van der Waals surface area contributed by atoms with Gasteiger partial charge >= 0.3 is 0 Å². The summed E-state index contributed by atoms with van der Waals surface area (Å²) in [6, 6.07) is 33.7. The molecule has 2 aromatic heterocycles. The number of pyridine rings is 2. The summed E-state index contributed by atoms with van der Waals surface area (Å²) in [6.45, 7) is 0. The van der Waals surface area contributed by atoms with E-state index in [0.717, 1.165) is 32.8 Å². The van der Waals surface area contributed by atoms with Crippen LogP contribution in [0.5, 0.6) is 0 Å². The van der Waals surface area contributed by atoms with Crippen molar-refractivity contribution in [2.24, 2.45) is 0 Å². The fraction of sp³-hybridized carbons (Fsp3) is 0. The van der Waals surface area contributed by atoms with Crippen LogP contribution in [0, 0.1) is 0 Å². The average Bonchev–Trinajstić information content (AvgIpc) is 2.78. The van der Waals surface area contributed by atoms with E-state index in [2.05, 4.69) is 28.2 Å². The van der Waals surface area contributed by atoms with Crippen molar-refractivity contribution in [2.45, 2.75) is 0 Å². The Hall–Kier alpha value is -3.98. The van der Waals surface area contributed by atoms with Gasteiger partial charge in [0.1, 0.15) is 0 Å². The molecule has 4 aromatic carbocycles. The van der Waals surface area contributed by atoms with Crippen molar-refractivity contribution < 1.29 is 0 Å². The third kappa shape index (κ3) is 3.23. The van der Waals surface area contributed by atoms with E-state index in [-0.39, 0.29) is 5.43 Å². The molecular formula is C26H18N2O. The van der Waals surface area contributed by atoms with Gasteiger partial charge in [0.05, 0.1) is 11.0 Å². The number of benzene rings is 4. The maximum Gasteiger partial charge on any atom is 0.197 e. The van der Waals surface area contributed by atoms with Gasteiger partial charge in [0.25, 0.3) is 0 Å². The molecule has 0 saturated carbocycles. The fourth-order valence-electron chi connectivity index (χ4n) is 3.59. The molecule has 6 aromatic rings. The van der Waals surface area contributed by atoms with Crippen LogP contribution in [-0.4, -0.2) is 9.97 Å². The Kier molecular flexibility index (Phi) is 4.26. The smallest absolute Gasteiger partial charge is 0.197 e. The van der Waals surface area contributed by atoms with Crippen LogP contribution in [0.15, 0.2) is 108 Å². The summed E-state index contributed by atoms with van der Waals surface area (Å²) in [4.78, 5) is 19.9. The number of nitrogens with zero attached hydrogens (tertiary/aromatic N) is 1. The fourth-order valence-corrected chi connectivity index (χ4v) is 3.59. The van der Waals surface area contributed by atoms with Crippen molar-refractivity contribution in [3.8, 4) is 0 Å². The number of nitrogens with one attached hydrogen (secondary N) is 1. The maximum absolute atomic E-state index is 12.1. The number of H-pyrrole nitrogens is 1. The molecule has 2 heterocycles. The largest absolute Gasteiger partial charge is 0.354 e. The van der Waals surface area contributed by atoms with E-state index in [1.807, 2.05) is 84.9 Å². The summed E-state index contributed by atoms with van der Waals surface area (Å²) in [7, 11) is 0. The highest BCUT2D eigenvalue weighted by molar-refractivity contribution is 5.93. The normalized spacial score (nSPS) is 10.9. The Morgan fingerprint density at radius 2 is 1.00 bits per heavy atom. The van der Waals surface area contributed by atoms with Crippen LogP contribution in [-0.2, 0) is 0 Å². The minimum Gasteiger partial charge on any atom is -0.354 e. The standard InChI is InChI=1S/C13H9NO.C13H9N/c15-13-9-5-1-3-7-11(9)14-12-8-4-2-6-10(12)13;1-3-7-12-10(5-1)9-11-6-2-4-8-13(11)14-12/h1-8H,(H,14,15);1-9H. The average molecular weight is 374 g/mol. The van der Waals surface area contributed by atoms with Crippen molar-refractivity contribution in [1.29, 1.82) is 0 Å². The highest BCUT2D eigenvalue weighted by atomic mass is 16.1. The number of fused-ring (bicyclic) bond motifs is 4. The highest BCUT2D eigenvalue weighted by Gasteiger charge is 2.02. The van der Waals surface area contributed by atoms with E-state index in [4.69, 9.17) is 0 Å². The minimum atomic E-state index is 0.0972. The number of aromatic amines is 1. The lowest BCUT2D eigenvalue weighted by Crippen LogP contribution is -2.03. The first-order valence-corrected chi connectivity index (χ1v) is 9.54. The Balaban J connectivity index is 0.000000125. The Morgan fingerprint density at radius 3 is 1.55 bits per heavy atom. The summed E-state index contributed by atoms with van der Waals surface area (Å²) < 4.78 is 0. The number of rotatable bonds is 0. The van der Waals surface area contributed by atoms with Gasteiger partial charge in [-0.3, -0.25) is 4.79 Å². The molecule has 0 unspecified atom stereocenters. The van der Waals surface area contributed by atoms with Gasteiger partial charge in [-0.2, -0.15) is 0 Å². The van der Waals surface area contributed by atoms with Crippen LogP contribution in [0.1, 0.15) is 0 Å².